The lowest BCUT2D eigenvalue weighted by Crippen LogP contribution is -2.30. The number of piperidine rings is 1. The summed E-state index contributed by atoms with van der Waals surface area (Å²) in [6, 6.07) is 0.169. The molecule has 106 valence electrons. The average molecular weight is 277 g/mol. The summed E-state index contributed by atoms with van der Waals surface area (Å²) in [5.41, 5.74) is 0. The molecule has 1 N–H and O–H groups in total. The summed E-state index contributed by atoms with van der Waals surface area (Å²) in [4.78, 5) is 0. The molecule has 0 aromatic heterocycles. The molecule has 1 aromatic rings. The highest BCUT2D eigenvalue weighted by atomic mass is 19.2. The normalized spacial score (nSPS) is 19.5. The number of hydrogen-bond donors (Lipinski definition) is 1. The van der Waals surface area contributed by atoms with Crippen molar-refractivity contribution in [2.24, 2.45) is 5.92 Å². The van der Waals surface area contributed by atoms with Crippen LogP contribution in [0, 0.1) is 29.2 Å². The Morgan fingerprint density at radius 3 is 2.42 bits per heavy atom. The number of ether oxygens (including phenoxy) is 1. The molecule has 1 aliphatic heterocycles. The Balaban J connectivity index is 1.95. The molecule has 1 aliphatic rings. The van der Waals surface area contributed by atoms with E-state index < -0.39 is 29.0 Å². The van der Waals surface area contributed by atoms with Crippen molar-refractivity contribution in [1.29, 1.82) is 0 Å². The van der Waals surface area contributed by atoms with Crippen LogP contribution >= 0.6 is 0 Å². The number of hydrogen-bond acceptors (Lipinski definition) is 2. The van der Waals surface area contributed by atoms with Gasteiger partial charge in [-0.2, -0.15) is 8.78 Å². The van der Waals surface area contributed by atoms with Gasteiger partial charge in [0.25, 0.3) is 0 Å². The van der Waals surface area contributed by atoms with E-state index in [1.165, 1.54) is 0 Å². The van der Waals surface area contributed by atoms with Crippen molar-refractivity contribution in [2.75, 3.05) is 19.7 Å². The zero-order valence-corrected chi connectivity index (χ0v) is 10.3. The van der Waals surface area contributed by atoms with E-state index in [1.807, 2.05) is 0 Å². The molecular weight excluding hydrogens is 262 g/mol. The van der Waals surface area contributed by atoms with Gasteiger partial charge in [0, 0.05) is 6.07 Å². The molecule has 1 unspecified atom stereocenters. The second kappa shape index (κ2) is 6.23. The summed E-state index contributed by atoms with van der Waals surface area (Å²) >= 11 is 0. The Bertz CT molecular complexity index is 421. The van der Waals surface area contributed by atoms with Crippen molar-refractivity contribution in [3.63, 3.8) is 0 Å². The first-order valence-electron chi connectivity index (χ1n) is 6.26. The first kappa shape index (κ1) is 14.1. The summed E-state index contributed by atoms with van der Waals surface area (Å²) in [7, 11) is 0. The van der Waals surface area contributed by atoms with Crippen molar-refractivity contribution < 1.29 is 22.3 Å². The maximum Gasteiger partial charge on any atom is 0.203 e. The van der Waals surface area contributed by atoms with E-state index in [9.17, 15) is 17.6 Å². The maximum atomic E-state index is 13.3. The third kappa shape index (κ3) is 3.37. The monoisotopic (exact) mass is 277 g/mol. The van der Waals surface area contributed by atoms with Crippen LogP contribution in [-0.2, 0) is 0 Å². The molecule has 0 radical (unpaired) electrons. The van der Waals surface area contributed by atoms with E-state index in [1.54, 1.807) is 0 Å². The molecule has 1 atom stereocenters. The van der Waals surface area contributed by atoms with E-state index in [0.717, 1.165) is 25.9 Å². The van der Waals surface area contributed by atoms with Crippen molar-refractivity contribution in [3.8, 4) is 5.75 Å². The topological polar surface area (TPSA) is 21.3 Å². The third-order valence-corrected chi connectivity index (χ3v) is 3.24. The minimum atomic E-state index is -1.49. The standard InChI is InChI=1S/C13H15F4NO/c14-9-6-10(15)12(17)13(11(9)16)19-5-3-8-2-1-4-18-7-8/h6,8,18H,1-5,7H2. The predicted molar refractivity (Wildman–Crippen MR) is 62.0 cm³/mol. The van der Waals surface area contributed by atoms with Gasteiger partial charge in [-0.25, -0.2) is 8.78 Å². The van der Waals surface area contributed by atoms with Gasteiger partial charge in [-0.05, 0) is 38.3 Å². The van der Waals surface area contributed by atoms with Gasteiger partial charge in [-0.1, -0.05) is 0 Å². The molecule has 0 amide bonds. The minimum absolute atomic E-state index is 0.0308. The minimum Gasteiger partial charge on any atom is -0.487 e. The van der Waals surface area contributed by atoms with Gasteiger partial charge in [-0.15, -0.1) is 0 Å². The summed E-state index contributed by atoms with van der Waals surface area (Å²) < 4.78 is 57.3. The van der Waals surface area contributed by atoms with E-state index in [-0.39, 0.29) is 12.7 Å². The highest BCUT2D eigenvalue weighted by molar-refractivity contribution is 5.28. The smallest absolute Gasteiger partial charge is 0.203 e. The Morgan fingerprint density at radius 1 is 1.16 bits per heavy atom. The van der Waals surface area contributed by atoms with Crippen LogP contribution in [0.15, 0.2) is 6.07 Å². The first-order valence-corrected chi connectivity index (χ1v) is 6.26. The largest absolute Gasteiger partial charge is 0.487 e. The summed E-state index contributed by atoms with van der Waals surface area (Å²) in [5, 5.41) is 3.20. The quantitative estimate of drug-likeness (QED) is 0.674. The van der Waals surface area contributed by atoms with Crippen LogP contribution in [-0.4, -0.2) is 19.7 Å². The molecule has 1 fully saturated rings. The van der Waals surface area contributed by atoms with E-state index in [0.29, 0.717) is 12.3 Å². The van der Waals surface area contributed by atoms with Crippen LogP contribution in [0.1, 0.15) is 19.3 Å². The van der Waals surface area contributed by atoms with E-state index in [4.69, 9.17) is 4.74 Å². The molecular formula is C13H15F4NO. The number of halogens is 4. The Hall–Kier alpha value is -1.30. The number of benzene rings is 1. The molecule has 6 heteroatoms. The van der Waals surface area contributed by atoms with Gasteiger partial charge in [0.15, 0.2) is 17.4 Å². The second-order valence-electron chi connectivity index (χ2n) is 4.65. The van der Waals surface area contributed by atoms with Crippen molar-refractivity contribution in [2.45, 2.75) is 19.3 Å². The average Bonchev–Trinajstić information content (AvgIpc) is 2.42. The summed E-state index contributed by atoms with van der Waals surface area (Å²) in [5.74, 6) is -6.48. The molecule has 2 rings (SSSR count). The summed E-state index contributed by atoms with van der Waals surface area (Å²) in [6.07, 6.45) is 2.64. The number of nitrogens with one attached hydrogen (secondary N) is 1. The second-order valence-corrected chi connectivity index (χ2v) is 4.65. The van der Waals surface area contributed by atoms with Crippen LogP contribution in [0.3, 0.4) is 0 Å². The number of rotatable bonds is 4. The lowest BCUT2D eigenvalue weighted by molar-refractivity contribution is 0.231. The molecule has 19 heavy (non-hydrogen) atoms. The van der Waals surface area contributed by atoms with Crippen molar-refractivity contribution in [1.82, 2.24) is 5.32 Å². The SMILES string of the molecule is Fc1cc(F)c(F)c(OCCC2CCCNC2)c1F. The van der Waals surface area contributed by atoms with Crippen LogP contribution in [0.5, 0.6) is 5.75 Å². The van der Waals surface area contributed by atoms with E-state index in [2.05, 4.69) is 5.32 Å². The van der Waals surface area contributed by atoms with Gasteiger partial charge in [0.1, 0.15) is 0 Å². The van der Waals surface area contributed by atoms with Gasteiger partial charge in [0.05, 0.1) is 6.61 Å². The molecule has 1 aromatic carbocycles. The molecule has 0 saturated carbocycles. The molecule has 0 spiro atoms. The van der Waals surface area contributed by atoms with Crippen LogP contribution < -0.4 is 10.1 Å². The van der Waals surface area contributed by atoms with Gasteiger partial charge in [0.2, 0.25) is 11.6 Å². The lowest BCUT2D eigenvalue weighted by Gasteiger charge is -2.22. The van der Waals surface area contributed by atoms with E-state index >= 15 is 0 Å². The Labute approximate surface area is 108 Å². The fourth-order valence-electron chi connectivity index (χ4n) is 2.18. The van der Waals surface area contributed by atoms with Crippen LogP contribution in [0.25, 0.3) is 0 Å². The fraction of sp³-hybridized carbons (Fsp3) is 0.538. The Morgan fingerprint density at radius 2 is 1.84 bits per heavy atom. The molecule has 0 aliphatic carbocycles. The molecule has 1 heterocycles. The predicted octanol–water partition coefficient (Wildman–Crippen LogP) is 3.01. The lowest BCUT2D eigenvalue weighted by atomic mass is 9.97. The Kier molecular flexibility index (Phi) is 4.63. The van der Waals surface area contributed by atoms with Gasteiger partial charge >= 0.3 is 0 Å². The van der Waals surface area contributed by atoms with Crippen molar-refractivity contribution in [3.05, 3.63) is 29.3 Å². The molecule has 0 bridgehead atoms. The zero-order valence-electron chi connectivity index (χ0n) is 10.3. The van der Waals surface area contributed by atoms with Gasteiger partial charge < -0.3 is 10.1 Å². The highest BCUT2D eigenvalue weighted by Crippen LogP contribution is 2.27. The maximum absolute atomic E-state index is 13.3. The molecule has 2 nitrogen and oxygen atoms in total. The van der Waals surface area contributed by atoms with Crippen LogP contribution in [0.2, 0.25) is 0 Å². The zero-order chi connectivity index (χ0) is 13.8. The first-order chi connectivity index (χ1) is 9.09. The highest BCUT2D eigenvalue weighted by Gasteiger charge is 2.21. The van der Waals surface area contributed by atoms with Crippen molar-refractivity contribution >= 4 is 0 Å². The van der Waals surface area contributed by atoms with Gasteiger partial charge in [-0.3, -0.25) is 0 Å². The summed E-state index contributed by atoms with van der Waals surface area (Å²) in [6.45, 7) is 1.82. The van der Waals surface area contributed by atoms with Crippen LogP contribution in [0.4, 0.5) is 17.6 Å². The third-order valence-electron chi connectivity index (χ3n) is 3.24. The fourth-order valence-corrected chi connectivity index (χ4v) is 2.18. The molecule has 1 saturated heterocycles.